The Morgan fingerprint density at radius 1 is 1.59 bits per heavy atom. The summed E-state index contributed by atoms with van der Waals surface area (Å²) in [4.78, 5) is 0. The van der Waals surface area contributed by atoms with Crippen molar-refractivity contribution in [1.82, 2.24) is 0 Å². The van der Waals surface area contributed by atoms with Crippen molar-refractivity contribution < 1.29 is 4.74 Å². The lowest BCUT2D eigenvalue weighted by molar-refractivity contribution is 0.259. The SMILES string of the molecule is CC(CCN)SCC1Cc2cc(Cl)ccc2O1. The van der Waals surface area contributed by atoms with Gasteiger partial charge in [0.15, 0.2) is 0 Å². The maximum atomic E-state index is 5.97. The maximum absolute atomic E-state index is 5.97. The van der Waals surface area contributed by atoms with Gasteiger partial charge in [0.2, 0.25) is 0 Å². The third-order valence-electron chi connectivity index (χ3n) is 2.90. The summed E-state index contributed by atoms with van der Waals surface area (Å²) in [6, 6.07) is 5.85. The molecule has 0 fully saturated rings. The van der Waals surface area contributed by atoms with E-state index < -0.39 is 0 Å². The molecule has 0 radical (unpaired) electrons. The lowest BCUT2D eigenvalue weighted by Crippen LogP contribution is -2.18. The van der Waals surface area contributed by atoms with Crippen molar-refractivity contribution in [3.05, 3.63) is 28.8 Å². The minimum atomic E-state index is 0.286. The predicted octanol–water partition coefficient (Wildman–Crippen LogP) is 3.11. The number of hydrogen-bond donors (Lipinski definition) is 1. The molecule has 4 heteroatoms. The zero-order chi connectivity index (χ0) is 12.3. The second kappa shape index (κ2) is 5.98. The molecule has 94 valence electrons. The minimum absolute atomic E-state index is 0.286. The summed E-state index contributed by atoms with van der Waals surface area (Å²) >= 11 is 7.90. The molecule has 17 heavy (non-hydrogen) atoms. The van der Waals surface area contributed by atoms with Crippen LogP contribution in [0.4, 0.5) is 0 Å². The lowest BCUT2D eigenvalue weighted by Gasteiger charge is -2.14. The van der Waals surface area contributed by atoms with Crippen LogP contribution in [-0.4, -0.2) is 23.7 Å². The van der Waals surface area contributed by atoms with Gasteiger partial charge in [0.1, 0.15) is 11.9 Å². The monoisotopic (exact) mass is 271 g/mol. The van der Waals surface area contributed by atoms with Gasteiger partial charge in [-0.1, -0.05) is 18.5 Å². The van der Waals surface area contributed by atoms with Gasteiger partial charge in [-0.05, 0) is 36.7 Å². The molecule has 2 nitrogen and oxygen atoms in total. The summed E-state index contributed by atoms with van der Waals surface area (Å²) in [6.07, 6.45) is 2.32. The quantitative estimate of drug-likeness (QED) is 0.894. The molecule has 0 spiro atoms. The van der Waals surface area contributed by atoms with Crippen LogP contribution < -0.4 is 10.5 Å². The molecule has 1 aromatic carbocycles. The van der Waals surface area contributed by atoms with E-state index in [9.17, 15) is 0 Å². The van der Waals surface area contributed by atoms with Crippen molar-refractivity contribution >= 4 is 23.4 Å². The standard InChI is InChI=1S/C13H18ClNOS/c1-9(4-5-15)17-8-12-7-10-6-11(14)2-3-13(10)16-12/h2-3,6,9,12H,4-5,7-8,15H2,1H3. The van der Waals surface area contributed by atoms with Crippen LogP contribution in [0.1, 0.15) is 18.9 Å². The molecule has 1 aliphatic heterocycles. The minimum Gasteiger partial charge on any atom is -0.489 e. The number of nitrogens with two attached hydrogens (primary N) is 1. The van der Waals surface area contributed by atoms with Crippen molar-refractivity contribution in [3.8, 4) is 5.75 Å². The van der Waals surface area contributed by atoms with E-state index in [2.05, 4.69) is 6.92 Å². The van der Waals surface area contributed by atoms with Crippen molar-refractivity contribution in [3.63, 3.8) is 0 Å². The van der Waals surface area contributed by atoms with E-state index in [4.69, 9.17) is 22.1 Å². The first-order valence-corrected chi connectivity index (χ1v) is 7.38. The largest absolute Gasteiger partial charge is 0.489 e. The van der Waals surface area contributed by atoms with Crippen LogP contribution in [0, 0.1) is 0 Å². The molecule has 2 atom stereocenters. The molecule has 1 aromatic rings. The summed E-state index contributed by atoms with van der Waals surface area (Å²) in [6.45, 7) is 2.98. The number of halogens is 1. The van der Waals surface area contributed by atoms with Gasteiger partial charge in [-0.25, -0.2) is 0 Å². The summed E-state index contributed by atoms with van der Waals surface area (Å²) in [5, 5.41) is 1.40. The fourth-order valence-electron chi connectivity index (χ4n) is 1.97. The second-order valence-electron chi connectivity index (χ2n) is 4.42. The number of hydrogen-bond acceptors (Lipinski definition) is 3. The van der Waals surface area contributed by atoms with Crippen LogP contribution in [0.15, 0.2) is 18.2 Å². The fraction of sp³-hybridized carbons (Fsp3) is 0.538. The van der Waals surface area contributed by atoms with Crippen molar-refractivity contribution in [2.24, 2.45) is 5.73 Å². The van der Waals surface area contributed by atoms with Gasteiger partial charge in [0, 0.05) is 22.4 Å². The van der Waals surface area contributed by atoms with Gasteiger partial charge in [-0.15, -0.1) is 0 Å². The maximum Gasteiger partial charge on any atom is 0.123 e. The molecule has 0 bridgehead atoms. The van der Waals surface area contributed by atoms with Gasteiger partial charge >= 0.3 is 0 Å². The number of benzene rings is 1. The van der Waals surface area contributed by atoms with Crippen molar-refractivity contribution in [1.29, 1.82) is 0 Å². The number of ether oxygens (including phenoxy) is 1. The Morgan fingerprint density at radius 2 is 2.41 bits per heavy atom. The van der Waals surface area contributed by atoms with E-state index in [1.807, 2.05) is 30.0 Å². The number of fused-ring (bicyclic) bond motifs is 1. The van der Waals surface area contributed by atoms with E-state index in [-0.39, 0.29) is 6.10 Å². The number of rotatable bonds is 5. The van der Waals surface area contributed by atoms with Crippen molar-refractivity contribution in [2.45, 2.75) is 31.1 Å². The molecule has 2 unspecified atom stereocenters. The third kappa shape index (κ3) is 3.54. The van der Waals surface area contributed by atoms with Gasteiger partial charge in [0.05, 0.1) is 0 Å². The summed E-state index contributed by atoms with van der Waals surface area (Å²) < 4.78 is 5.88. The summed E-state index contributed by atoms with van der Waals surface area (Å²) in [5.74, 6) is 2.01. The zero-order valence-electron chi connectivity index (χ0n) is 9.99. The topological polar surface area (TPSA) is 35.2 Å². The highest BCUT2D eigenvalue weighted by molar-refractivity contribution is 7.99. The molecule has 0 aromatic heterocycles. The molecule has 1 heterocycles. The smallest absolute Gasteiger partial charge is 0.123 e. The zero-order valence-corrected chi connectivity index (χ0v) is 11.6. The predicted molar refractivity (Wildman–Crippen MR) is 75.2 cm³/mol. The van der Waals surface area contributed by atoms with E-state index in [1.54, 1.807) is 0 Å². The average Bonchev–Trinajstić information content (AvgIpc) is 2.68. The third-order valence-corrected chi connectivity index (χ3v) is 4.51. The van der Waals surface area contributed by atoms with Crippen LogP contribution in [0.2, 0.25) is 5.02 Å². The molecule has 2 rings (SSSR count). The molecular formula is C13H18ClNOS. The molecule has 1 aliphatic rings. The first kappa shape index (κ1) is 13.1. The van der Waals surface area contributed by atoms with Crippen molar-refractivity contribution in [2.75, 3.05) is 12.3 Å². The van der Waals surface area contributed by atoms with Gasteiger partial charge in [0.25, 0.3) is 0 Å². The highest BCUT2D eigenvalue weighted by atomic mass is 35.5. The lowest BCUT2D eigenvalue weighted by atomic mass is 10.1. The first-order valence-electron chi connectivity index (χ1n) is 5.96. The Kier molecular flexibility index (Phi) is 4.60. The number of thioether (sulfide) groups is 1. The average molecular weight is 272 g/mol. The van der Waals surface area contributed by atoms with Gasteiger partial charge < -0.3 is 10.5 Å². The van der Waals surface area contributed by atoms with Crippen LogP contribution in [0.25, 0.3) is 0 Å². The summed E-state index contributed by atoms with van der Waals surface area (Å²) in [5.41, 5.74) is 6.77. The molecule has 0 saturated carbocycles. The molecular weight excluding hydrogens is 254 g/mol. The Balaban J connectivity index is 1.84. The van der Waals surface area contributed by atoms with E-state index >= 15 is 0 Å². The van der Waals surface area contributed by atoms with Crippen LogP contribution in [0.5, 0.6) is 5.75 Å². The first-order chi connectivity index (χ1) is 8.19. The Labute approximate surface area is 112 Å². The Morgan fingerprint density at radius 3 is 3.18 bits per heavy atom. The van der Waals surface area contributed by atoms with E-state index in [0.29, 0.717) is 5.25 Å². The van der Waals surface area contributed by atoms with E-state index in [1.165, 1.54) is 5.56 Å². The molecule has 0 saturated heterocycles. The normalized spacial score (nSPS) is 19.8. The molecule has 0 aliphatic carbocycles. The Bertz CT molecular complexity index is 386. The van der Waals surface area contributed by atoms with Gasteiger partial charge in [-0.3, -0.25) is 0 Å². The van der Waals surface area contributed by atoms with E-state index in [0.717, 1.165) is 35.9 Å². The van der Waals surface area contributed by atoms with Crippen LogP contribution >= 0.6 is 23.4 Å². The van der Waals surface area contributed by atoms with Gasteiger partial charge in [-0.2, -0.15) is 11.8 Å². The highest BCUT2D eigenvalue weighted by Gasteiger charge is 2.23. The summed E-state index contributed by atoms with van der Waals surface area (Å²) in [7, 11) is 0. The highest BCUT2D eigenvalue weighted by Crippen LogP contribution is 2.32. The van der Waals surface area contributed by atoms with Crippen LogP contribution in [-0.2, 0) is 6.42 Å². The molecule has 2 N–H and O–H groups in total. The fourth-order valence-corrected chi connectivity index (χ4v) is 3.20. The van der Waals surface area contributed by atoms with Crippen LogP contribution in [0.3, 0.4) is 0 Å². The molecule has 0 amide bonds. The second-order valence-corrected chi connectivity index (χ2v) is 6.33. The Hall–Kier alpha value is -0.380.